The molecule has 0 aliphatic heterocycles. The maximum Gasteiger partial charge on any atom is 0.303 e. The first-order chi connectivity index (χ1) is 9.90. The van der Waals surface area contributed by atoms with E-state index in [0.717, 1.165) is 25.7 Å². The molecule has 1 aliphatic rings. The SMILES string of the molecule is Cc1cc(NC(=O)CC2(CC(=O)O)CCCC2)ccc1F. The van der Waals surface area contributed by atoms with Crippen LogP contribution in [-0.2, 0) is 9.59 Å². The maximum absolute atomic E-state index is 13.2. The molecule has 0 heterocycles. The number of anilines is 1. The summed E-state index contributed by atoms with van der Waals surface area (Å²) in [6.07, 6.45) is 3.72. The number of hydrogen-bond acceptors (Lipinski definition) is 2. The van der Waals surface area contributed by atoms with Crippen molar-refractivity contribution in [3.05, 3.63) is 29.6 Å². The van der Waals surface area contributed by atoms with Gasteiger partial charge < -0.3 is 10.4 Å². The molecule has 0 atom stereocenters. The number of nitrogens with one attached hydrogen (secondary N) is 1. The third kappa shape index (κ3) is 4.03. The van der Waals surface area contributed by atoms with Crippen LogP contribution >= 0.6 is 0 Å². The molecule has 1 fully saturated rings. The summed E-state index contributed by atoms with van der Waals surface area (Å²) in [4.78, 5) is 23.2. The summed E-state index contributed by atoms with van der Waals surface area (Å²) in [5.41, 5.74) is 0.585. The fraction of sp³-hybridized carbons (Fsp3) is 0.500. The second kappa shape index (κ2) is 6.24. The Morgan fingerprint density at radius 1 is 1.29 bits per heavy atom. The molecule has 2 N–H and O–H groups in total. The predicted molar refractivity (Wildman–Crippen MR) is 77.5 cm³/mol. The van der Waals surface area contributed by atoms with E-state index in [2.05, 4.69) is 5.32 Å². The van der Waals surface area contributed by atoms with Crippen LogP contribution in [0.4, 0.5) is 10.1 Å². The first kappa shape index (κ1) is 15.5. The number of aryl methyl sites for hydroxylation is 1. The molecule has 1 aliphatic carbocycles. The van der Waals surface area contributed by atoms with Gasteiger partial charge in [-0.1, -0.05) is 12.8 Å². The highest BCUT2D eigenvalue weighted by atomic mass is 19.1. The Morgan fingerprint density at radius 2 is 1.95 bits per heavy atom. The smallest absolute Gasteiger partial charge is 0.303 e. The van der Waals surface area contributed by atoms with Gasteiger partial charge >= 0.3 is 5.97 Å². The van der Waals surface area contributed by atoms with Crippen LogP contribution in [0.1, 0.15) is 44.1 Å². The van der Waals surface area contributed by atoms with E-state index in [9.17, 15) is 14.0 Å². The van der Waals surface area contributed by atoms with E-state index in [1.807, 2.05) is 0 Å². The zero-order valence-corrected chi connectivity index (χ0v) is 12.1. The van der Waals surface area contributed by atoms with Crippen molar-refractivity contribution < 1.29 is 19.1 Å². The molecule has 1 saturated carbocycles. The van der Waals surface area contributed by atoms with Gasteiger partial charge in [-0.3, -0.25) is 9.59 Å². The van der Waals surface area contributed by atoms with Gasteiger partial charge in [0.25, 0.3) is 0 Å². The third-order valence-electron chi connectivity index (χ3n) is 4.17. The summed E-state index contributed by atoms with van der Waals surface area (Å²) < 4.78 is 13.2. The Kier molecular flexibility index (Phi) is 4.60. The molecule has 0 aromatic heterocycles. The van der Waals surface area contributed by atoms with E-state index >= 15 is 0 Å². The standard InChI is InChI=1S/C16H20FNO3/c1-11-8-12(4-5-13(11)17)18-14(19)9-16(10-15(20)21)6-2-3-7-16/h4-5,8H,2-3,6-7,9-10H2,1H3,(H,18,19)(H,20,21). The Labute approximate surface area is 123 Å². The molecule has 21 heavy (non-hydrogen) atoms. The monoisotopic (exact) mass is 293 g/mol. The van der Waals surface area contributed by atoms with Crippen LogP contribution in [0.2, 0.25) is 0 Å². The van der Waals surface area contributed by atoms with E-state index in [0.29, 0.717) is 11.3 Å². The number of rotatable bonds is 5. The zero-order valence-electron chi connectivity index (χ0n) is 12.1. The summed E-state index contributed by atoms with van der Waals surface area (Å²) in [6.45, 7) is 1.63. The van der Waals surface area contributed by atoms with Crippen LogP contribution in [0.25, 0.3) is 0 Å². The third-order valence-corrected chi connectivity index (χ3v) is 4.17. The normalized spacial score (nSPS) is 16.7. The van der Waals surface area contributed by atoms with Gasteiger partial charge in [0, 0.05) is 12.1 Å². The second-order valence-electron chi connectivity index (χ2n) is 5.97. The molecule has 0 saturated heterocycles. The van der Waals surface area contributed by atoms with Crippen LogP contribution in [0.3, 0.4) is 0 Å². The van der Waals surface area contributed by atoms with Crippen LogP contribution in [-0.4, -0.2) is 17.0 Å². The fourth-order valence-corrected chi connectivity index (χ4v) is 3.13. The largest absolute Gasteiger partial charge is 0.481 e. The second-order valence-corrected chi connectivity index (χ2v) is 5.97. The van der Waals surface area contributed by atoms with Gasteiger partial charge in [0.15, 0.2) is 0 Å². The highest BCUT2D eigenvalue weighted by molar-refractivity contribution is 5.91. The average molecular weight is 293 g/mol. The molecular weight excluding hydrogens is 273 g/mol. The fourth-order valence-electron chi connectivity index (χ4n) is 3.13. The average Bonchev–Trinajstić information content (AvgIpc) is 2.80. The maximum atomic E-state index is 13.2. The Morgan fingerprint density at radius 3 is 2.52 bits per heavy atom. The number of benzene rings is 1. The van der Waals surface area contributed by atoms with Crippen molar-refractivity contribution in [2.45, 2.75) is 45.4 Å². The van der Waals surface area contributed by atoms with E-state index in [4.69, 9.17) is 5.11 Å². The van der Waals surface area contributed by atoms with E-state index in [-0.39, 0.29) is 24.6 Å². The van der Waals surface area contributed by atoms with Crippen LogP contribution in [0.15, 0.2) is 18.2 Å². The summed E-state index contributed by atoms with van der Waals surface area (Å²) in [6, 6.07) is 4.40. The lowest BCUT2D eigenvalue weighted by Gasteiger charge is -2.26. The summed E-state index contributed by atoms with van der Waals surface area (Å²) in [5, 5.41) is 11.8. The van der Waals surface area contributed by atoms with Crippen molar-refractivity contribution in [2.75, 3.05) is 5.32 Å². The quantitative estimate of drug-likeness (QED) is 0.873. The van der Waals surface area contributed by atoms with Crippen LogP contribution in [0.5, 0.6) is 0 Å². The molecule has 4 nitrogen and oxygen atoms in total. The van der Waals surface area contributed by atoms with Gasteiger partial charge in [0.2, 0.25) is 5.91 Å². The lowest BCUT2D eigenvalue weighted by atomic mass is 9.79. The van der Waals surface area contributed by atoms with Gasteiger partial charge in [-0.2, -0.15) is 0 Å². The van der Waals surface area contributed by atoms with Crippen molar-refractivity contribution in [1.29, 1.82) is 0 Å². The molecule has 0 spiro atoms. The molecule has 0 unspecified atom stereocenters. The number of hydrogen-bond donors (Lipinski definition) is 2. The van der Waals surface area contributed by atoms with Crippen molar-refractivity contribution in [3.63, 3.8) is 0 Å². The number of halogens is 1. The number of carboxylic acids is 1. The molecular formula is C16H20FNO3. The molecule has 5 heteroatoms. The van der Waals surface area contributed by atoms with Gasteiger partial charge in [-0.15, -0.1) is 0 Å². The van der Waals surface area contributed by atoms with E-state index < -0.39 is 11.4 Å². The van der Waals surface area contributed by atoms with E-state index in [1.165, 1.54) is 12.1 Å². The Bertz CT molecular complexity index is 550. The van der Waals surface area contributed by atoms with Crippen molar-refractivity contribution in [2.24, 2.45) is 5.41 Å². The minimum atomic E-state index is -0.859. The zero-order chi connectivity index (χ0) is 15.5. The molecule has 0 radical (unpaired) electrons. The number of carbonyl (C=O) groups is 2. The number of amides is 1. The summed E-state index contributed by atoms with van der Waals surface area (Å²) in [7, 11) is 0. The van der Waals surface area contributed by atoms with Crippen LogP contribution in [0, 0.1) is 18.2 Å². The van der Waals surface area contributed by atoms with Gasteiger partial charge in [0.05, 0.1) is 6.42 Å². The van der Waals surface area contributed by atoms with Crippen LogP contribution < -0.4 is 5.32 Å². The van der Waals surface area contributed by atoms with Crippen molar-refractivity contribution in [1.82, 2.24) is 0 Å². The van der Waals surface area contributed by atoms with Gasteiger partial charge in [-0.05, 0) is 48.9 Å². The highest BCUT2D eigenvalue weighted by Crippen LogP contribution is 2.44. The lowest BCUT2D eigenvalue weighted by Crippen LogP contribution is -2.27. The first-order valence-corrected chi connectivity index (χ1v) is 7.18. The van der Waals surface area contributed by atoms with Gasteiger partial charge in [0.1, 0.15) is 5.82 Å². The Balaban J connectivity index is 2.02. The molecule has 2 rings (SSSR count). The van der Waals surface area contributed by atoms with E-state index in [1.54, 1.807) is 13.0 Å². The number of carboxylic acid groups (broad SMARTS) is 1. The number of carbonyl (C=O) groups excluding carboxylic acids is 1. The molecule has 1 aromatic rings. The topological polar surface area (TPSA) is 66.4 Å². The van der Waals surface area contributed by atoms with Crippen molar-refractivity contribution in [3.8, 4) is 0 Å². The molecule has 114 valence electrons. The molecule has 1 amide bonds. The first-order valence-electron chi connectivity index (χ1n) is 7.18. The summed E-state index contributed by atoms with van der Waals surface area (Å²) in [5.74, 6) is -1.38. The highest BCUT2D eigenvalue weighted by Gasteiger charge is 2.37. The van der Waals surface area contributed by atoms with Gasteiger partial charge in [-0.25, -0.2) is 4.39 Å². The number of aliphatic carboxylic acids is 1. The predicted octanol–water partition coefficient (Wildman–Crippen LogP) is 3.50. The minimum absolute atomic E-state index is 0.0306. The molecule has 1 aromatic carbocycles. The van der Waals surface area contributed by atoms with Crippen molar-refractivity contribution >= 4 is 17.6 Å². The molecule has 0 bridgehead atoms. The lowest BCUT2D eigenvalue weighted by molar-refractivity contribution is -0.140. The summed E-state index contributed by atoms with van der Waals surface area (Å²) >= 11 is 0. The minimum Gasteiger partial charge on any atom is -0.481 e. The Hall–Kier alpha value is -1.91.